The number of benzene rings is 1. The third kappa shape index (κ3) is 4.41. The molecule has 1 rings (SSSR count). The summed E-state index contributed by atoms with van der Waals surface area (Å²) in [5.74, 6) is -0.0441. The van der Waals surface area contributed by atoms with Gasteiger partial charge in [-0.2, -0.15) is 0 Å². The van der Waals surface area contributed by atoms with Crippen LogP contribution in [-0.2, 0) is 16.0 Å². The molecule has 0 saturated carbocycles. The molecule has 0 amide bonds. The standard InChI is InChI=1S/C15H21NO3/c1-4-11-16-15(2,14(18)19-3)10-9-12-5-7-13(17)8-6-12/h4-8,16-17H,1,9-11H2,2-3H3. The van der Waals surface area contributed by atoms with Crippen LogP contribution in [0.5, 0.6) is 5.75 Å². The van der Waals surface area contributed by atoms with Crippen LogP contribution < -0.4 is 5.32 Å². The molecule has 0 aliphatic rings. The first-order valence-corrected chi connectivity index (χ1v) is 6.24. The van der Waals surface area contributed by atoms with E-state index < -0.39 is 5.54 Å². The molecule has 4 nitrogen and oxygen atoms in total. The SMILES string of the molecule is C=CCNC(C)(CCc1ccc(O)cc1)C(=O)OC. The molecule has 4 heteroatoms. The lowest BCUT2D eigenvalue weighted by molar-refractivity contribution is -0.148. The molecule has 0 bridgehead atoms. The van der Waals surface area contributed by atoms with Gasteiger partial charge in [-0.05, 0) is 37.5 Å². The number of hydrogen-bond acceptors (Lipinski definition) is 4. The van der Waals surface area contributed by atoms with Crippen LogP contribution in [0.25, 0.3) is 0 Å². The quantitative estimate of drug-likeness (QED) is 0.584. The number of phenolic OH excluding ortho intramolecular Hbond substituents is 1. The van der Waals surface area contributed by atoms with E-state index in [0.29, 0.717) is 13.0 Å². The topological polar surface area (TPSA) is 58.6 Å². The van der Waals surface area contributed by atoms with E-state index in [4.69, 9.17) is 4.74 Å². The molecule has 1 unspecified atom stereocenters. The number of methoxy groups -OCH3 is 1. The largest absolute Gasteiger partial charge is 0.508 e. The van der Waals surface area contributed by atoms with E-state index in [0.717, 1.165) is 12.0 Å². The maximum absolute atomic E-state index is 11.9. The fraction of sp³-hybridized carbons (Fsp3) is 0.400. The van der Waals surface area contributed by atoms with Crippen molar-refractivity contribution in [3.63, 3.8) is 0 Å². The summed E-state index contributed by atoms with van der Waals surface area (Å²) in [6.45, 7) is 6.00. The van der Waals surface area contributed by atoms with Gasteiger partial charge >= 0.3 is 5.97 Å². The molecular weight excluding hydrogens is 242 g/mol. The molecule has 1 aromatic rings. The maximum Gasteiger partial charge on any atom is 0.325 e. The van der Waals surface area contributed by atoms with Crippen molar-refractivity contribution in [2.45, 2.75) is 25.3 Å². The average Bonchev–Trinajstić information content (AvgIpc) is 2.43. The first-order chi connectivity index (χ1) is 9.01. The Morgan fingerprint density at radius 1 is 1.47 bits per heavy atom. The van der Waals surface area contributed by atoms with E-state index >= 15 is 0 Å². The van der Waals surface area contributed by atoms with Crippen LogP contribution in [0.3, 0.4) is 0 Å². The van der Waals surface area contributed by atoms with Gasteiger partial charge in [-0.3, -0.25) is 10.1 Å². The van der Waals surface area contributed by atoms with Crippen LogP contribution in [0.4, 0.5) is 0 Å². The number of aromatic hydroxyl groups is 1. The normalized spacial score (nSPS) is 13.6. The highest BCUT2D eigenvalue weighted by Crippen LogP contribution is 2.18. The third-order valence-corrected chi connectivity index (χ3v) is 3.12. The zero-order valence-corrected chi connectivity index (χ0v) is 11.5. The number of carbonyl (C=O) groups excluding carboxylic acids is 1. The summed E-state index contributed by atoms with van der Waals surface area (Å²) in [6.07, 6.45) is 3.04. The lowest BCUT2D eigenvalue weighted by atomic mass is 9.93. The van der Waals surface area contributed by atoms with E-state index in [1.54, 1.807) is 18.2 Å². The maximum atomic E-state index is 11.9. The van der Waals surface area contributed by atoms with E-state index in [1.807, 2.05) is 19.1 Å². The third-order valence-electron chi connectivity index (χ3n) is 3.12. The smallest absolute Gasteiger partial charge is 0.325 e. The van der Waals surface area contributed by atoms with Gasteiger partial charge in [-0.15, -0.1) is 6.58 Å². The monoisotopic (exact) mass is 263 g/mol. The molecule has 0 aromatic heterocycles. The fourth-order valence-corrected chi connectivity index (χ4v) is 1.84. The summed E-state index contributed by atoms with van der Waals surface area (Å²) >= 11 is 0. The number of ether oxygens (including phenoxy) is 1. The average molecular weight is 263 g/mol. The second kappa shape index (κ2) is 6.95. The minimum Gasteiger partial charge on any atom is -0.508 e. The van der Waals surface area contributed by atoms with Crippen molar-refractivity contribution in [2.75, 3.05) is 13.7 Å². The summed E-state index contributed by atoms with van der Waals surface area (Å²) in [6, 6.07) is 6.98. The van der Waals surface area contributed by atoms with Gasteiger partial charge in [0.15, 0.2) is 0 Å². The Labute approximate surface area is 114 Å². The second-order valence-electron chi connectivity index (χ2n) is 4.66. The van der Waals surface area contributed by atoms with Crippen LogP contribution in [0.15, 0.2) is 36.9 Å². The molecule has 0 fully saturated rings. The lowest BCUT2D eigenvalue weighted by Crippen LogP contribution is -2.50. The minimum absolute atomic E-state index is 0.240. The summed E-state index contributed by atoms with van der Waals surface area (Å²) in [4.78, 5) is 11.9. The molecule has 0 heterocycles. The van der Waals surface area contributed by atoms with Gasteiger partial charge < -0.3 is 9.84 Å². The highest BCUT2D eigenvalue weighted by Gasteiger charge is 2.32. The highest BCUT2D eigenvalue weighted by atomic mass is 16.5. The second-order valence-corrected chi connectivity index (χ2v) is 4.66. The molecule has 104 valence electrons. The van der Waals surface area contributed by atoms with Crippen molar-refractivity contribution in [3.05, 3.63) is 42.5 Å². The molecule has 0 spiro atoms. The number of phenols is 1. The Morgan fingerprint density at radius 3 is 2.63 bits per heavy atom. The van der Waals surface area contributed by atoms with Crippen molar-refractivity contribution in [2.24, 2.45) is 0 Å². The molecule has 19 heavy (non-hydrogen) atoms. The minimum atomic E-state index is -0.735. The number of hydrogen-bond donors (Lipinski definition) is 2. The zero-order chi connectivity index (χ0) is 14.3. The molecular formula is C15H21NO3. The van der Waals surface area contributed by atoms with Gasteiger partial charge in [0.1, 0.15) is 11.3 Å². The van der Waals surface area contributed by atoms with Gasteiger partial charge in [0, 0.05) is 6.54 Å². The Morgan fingerprint density at radius 2 is 2.11 bits per heavy atom. The van der Waals surface area contributed by atoms with Gasteiger partial charge in [0.2, 0.25) is 0 Å². The van der Waals surface area contributed by atoms with Crippen molar-refractivity contribution in [1.82, 2.24) is 5.32 Å². The van der Waals surface area contributed by atoms with Gasteiger partial charge in [0.05, 0.1) is 7.11 Å². The van der Waals surface area contributed by atoms with Crippen LogP contribution in [0, 0.1) is 0 Å². The Balaban J connectivity index is 2.69. The molecule has 0 radical (unpaired) electrons. The summed E-state index contributed by atoms with van der Waals surface area (Å²) < 4.78 is 4.84. The fourth-order valence-electron chi connectivity index (χ4n) is 1.84. The molecule has 2 N–H and O–H groups in total. The molecule has 1 atom stereocenters. The van der Waals surface area contributed by atoms with E-state index in [-0.39, 0.29) is 11.7 Å². The van der Waals surface area contributed by atoms with Crippen LogP contribution >= 0.6 is 0 Å². The van der Waals surface area contributed by atoms with Crippen molar-refractivity contribution in [1.29, 1.82) is 0 Å². The Kier molecular flexibility index (Phi) is 5.57. The zero-order valence-electron chi connectivity index (χ0n) is 11.5. The number of rotatable bonds is 7. The molecule has 0 saturated heterocycles. The Hall–Kier alpha value is -1.81. The summed E-state index contributed by atoms with van der Waals surface area (Å²) in [7, 11) is 1.39. The number of carbonyl (C=O) groups is 1. The van der Waals surface area contributed by atoms with Gasteiger partial charge in [0.25, 0.3) is 0 Å². The molecule has 0 aliphatic carbocycles. The van der Waals surface area contributed by atoms with Crippen LogP contribution in [0.2, 0.25) is 0 Å². The number of nitrogens with one attached hydrogen (secondary N) is 1. The van der Waals surface area contributed by atoms with Gasteiger partial charge in [-0.1, -0.05) is 18.2 Å². The summed E-state index contributed by atoms with van der Waals surface area (Å²) in [5, 5.41) is 12.4. The van der Waals surface area contributed by atoms with Crippen molar-refractivity contribution < 1.29 is 14.6 Å². The van der Waals surface area contributed by atoms with Crippen LogP contribution in [0.1, 0.15) is 18.9 Å². The number of esters is 1. The number of aryl methyl sites for hydroxylation is 1. The predicted molar refractivity (Wildman–Crippen MR) is 75.0 cm³/mol. The summed E-state index contributed by atoms with van der Waals surface area (Å²) in [5.41, 5.74) is 0.328. The van der Waals surface area contributed by atoms with Crippen molar-refractivity contribution >= 4 is 5.97 Å². The van der Waals surface area contributed by atoms with E-state index in [9.17, 15) is 9.90 Å². The lowest BCUT2D eigenvalue weighted by Gasteiger charge is -2.27. The first kappa shape index (κ1) is 15.2. The van der Waals surface area contributed by atoms with Crippen LogP contribution in [-0.4, -0.2) is 30.3 Å². The molecule has 1 aromatic carbocycles. The Bertz CT molecular complexity index is 428. The predicted octanol–water partition coefficient (Wildman–Crippen LogP) is 2.03. The van der Waals surface area contributed by atoms with E-state index in [2.05, 4.69) is 11.9 Å². The highest BCUT2D eigenvalue weighted by molar-refractivity contribution is 5.80. The van der Waals surface area contributed by atoms with Gasteiger partial charge in [-0.25, -0.2) is 0 Å². The first-order valence-electron chi connectivity index (χ1n) is 6.24. The molecule has 0 aliphatic heterocycles. The van der Waals surface area contributed by atoms with Crippen molar-refractivity contribution in [3.8, 4) is 5.75 Å². The van der Waals surface area contributed by atoms with E-state index in [1.165, 1.54) is 7.11 Å².